The maximum atomic E-state index is 14.5. The summed E-state index contributed by atoms with van der Waals surface area (Å²) in [5.41, 5.74) is 1.69. The molecule has 1 nitrogen and oxygen atoms in total. The van der Waals surface area contributed by atoms with Gasteiger partial charge >= 0.3 is 0 Å². The number of benzene rings is 2. The summed E-state index contributed by atoms with van der Waals surface area (Å²) in [5, 5.41) is 1.79. The second-order valence-corrected chi connectivity index (χ2v) is 6.49. The summed E-state index contributed by atoms with van der Waals surface area (Å²) in [6.07, 6.45) is 1.52. The van der Waals surface area contributed by atoms with Crippen molar-refractivity contribution in [1.82, 2.24) is 4.98 Å². The highest BCUT2D eigenvalue weighted by Crippen LogP contribution is 2.35. The zero-order valence-electron chi connectivity index (χ0n) is 11.5. The van der Waals surface area contributed by atoms with Crippen molar-refractivity contribution in [2.24, 2.45) is 0 Å². The van der Waals surface area contributed by atoms with E-state index < -0.39 is 5.82 Å². The third-order valence-corrected chi connectivity index (χ3v) is 4.39. The Balaban J connectivity index is 2.11. The Kier molecular flexibility index (Phi) is 4.79. The van der Waals surface area contributed by atoms with Crippen LogP contribution in [0.3, 0.4) is 0 Å². The molecule has 1 aromatic heterocycles. The van der Waals surface area contributed by atoms with Crippen molar-refractivity contribution in [3.8, 4) is 22.4 Å². The smallest absolute Gasteiger partial charge is 0.150 e. The van der Waals surface area contributed by atoms with E-state index in [2.05, 4.69) is 4.98 Å². The van der Waals surface area contributed by atoms with Crippen LogP contribution in [0.5, 0.6) is 0 Å². The molecule has 0 bridgehead atoms. The highest BCUT2D eigenvalue weighted by Gasteiger charge is 2.14. The fourth-order valence-corrected chi connectivity index (χ4v) is 2.96. The van der Waals surface area contributed by atoms with Gasteiger partial charge in [0.05, 0.1) is 5.02 Å². The van der Waals surface area contributed by atoms with Crippen molar-refractivity contribution in [3.63, 3.8) is 0 Å². The average molecular weight is 387 g/mol. The molecule has 2 aromatic carbocycles. The molecule has 1 heterocycles. The first kappa shape index (κ1) is 16.5. The summed E-state index contributed by atoms with van der Waals surface area (Å²) in [4.78, 5) is 4.18. The highest BCUT2D eigenvalue weighted by molar-refractivity contribution is 6.36. The van der Waals surface area contributed by atoms with Gasteiger partial charge < -0.3 is 0 Å². The normalized spacial score (nSPS) is 10.8. The van der Waals surface area contributed by atoms with Crippen LogP contribution in [-0.4, -0.2) is 4.98 Å². The van der Waals surface area contributed by atoms with Gasteiger partial charge in [0.15, 0.2) is 0 Å². The first-order valence-electron chi connectivity index (χ1n) is 6.52. The van der Waals surface area contributed by atoms with Crippen LogP contribution >= 0.6 is 46.4 Å². The average Bonchev–Trinajstić information content (AvgIpc) is 2.52. The largest absolute Gasteiger partial charge is 0.252 e. The number of pyridine rings is 1. The maximum Gasteiger partial charge on any atom is 0.150 e. The van der Waals surface area contributed by atoms with E-state index in [9.17, 15) is 4.39 Å². The minimum Gasteiger partial charge on any atom is -0.252 e. The van der Waals surface area contributed by atoms with Gasteiger partial charge in [0.1, 0.15) is 11.5 Å². The topological polar surface area (TPSA) is 12.9 Å². The molecule has 0 saturated carbocycles. The molecule has 0 aliphatic carbocycles. The summed E-state index contributed by atoms with van der Waals surface area (Å²) in [5.74, 6) is -0.525. The third-order valence-electron chi connectivity index (χ3n) is 3.26. The Bertz CT molecular complexity index is 896. The molecule has 0 atom stereocenters. The quantitative estimate of drug-likeness (QED) is 0.454. The van der Waals surface area contributed by atoms with Gasteiger partial charge in [-0.05, 0) is 42.5 Å². The van der Waals surface area contributed by atoms with E-state index in [1.807, 2.05) is 0 Å². The molecule has 0 spiro atoms. The summed E-state index contributed by atoms with van der Waals surface area (Å²) >= 11 is 24.2. The van der Waals surface area contributed by atoms with Crippen LogP contribution in [0.15, 0.2) is 48.7 Å². The van der Waals surface area contributed by atoms with Gasteiger partial charge in [-0.15, -0.1) is 0 Å². The summed E-state index contributed by atoms with van der Waals surface area (Å²) in [7, 11) is 0. The summed E-state index contributed by atoms with van der Waals surface area (Å²) < 4.78 is 14.5. The van der Waals surface area contributed by atoms with E-state index in [0.29, 0.717) is 36.8 Å². The predicted octanol–water partition coefficient (Wildman–Crippen LogP) is 7.17. The molecule has 23 heavy (non-hydrogen) atoms. The van der Waals surface area contributed by atoms with E-state index in [-0.39, 0.29) is 5.69 Å². The van der Waals surface area contributed by atoms with Gasteiger partial charge in [-0.3, -0.25) is 4.98 Å². The minimum atomic E-state index is -0.525. The number of nitrogens with zero attached hydrogens (tertiary/aromatic N) is 1. The fraction of sp³-hybridized carbons (Fsp3) is 0. The Morgan fingerprint density at radius 1 is 0.739 bits per heavy atom. The summed E-state index contributed by atoms with van der Waals surface area (Å²) in [6, 6.07) is 11.1. The van der Waals surface area contributed by atoms with E-state index in [4.69, 9.17) is 46.4 Å². The van der Waals surface area contributed by atoms with Gasteiger partial charge in [0.25, 0.3) is 0 Å². The van der Waals surface area contributed by atoms with Crippen molar-refractivity contribution in [3.05, 3.63) is 74.6 Å². The van der Waals surface area contributed by atoms with Gasteiger partial charge in [-0.25, -0.2) is 4.39 Å². The molecule has 3 aromatic rings. The van der Waals surface area contributed by atoms with Crippen LogP contribution in [0.1, 0.15) is 0 Å². The third kappa shape index (κ3) is 3.46. The molecular formula is C17H8Cl4FN. The van der Waals surface area contributed by atoms with Crippen LogP contribution < -0.4 is 0 Å². The van der Waals surface area contributed by atoms with Crippen LogP contribution in [0.4, 0.5) is 4.39 Å². The van der Waals surface area contributed by atoms with Crippen molar-refractivity contribution < 1.29 is 4.39 Å². The zero-order valence-corrected chi connectivity index (χ0v) is 14.5. The Hall–Kier alpha value is -1.32. The zero-order chi connectivity index (χ0) is 16.6. The standard InChI is InChI=1S/C17H8Cl4FN/c18-10-1-3-14(20)12(6-10)9-5-16(22)17(23-8-9)13-7-11(19)2-4-15(13)21/h1-8H. The first-order valence-corrected chi connectivity index (χ1v) is 8.03. The van der Waals surface area contributed by atoms with Crippen LogP contribution in [0.25, 0.3) is 22.4 Å². The lowest BCUT2D eigenvalue weighted by Gasteiger charge is -2.09. The molecule has 0 radical (unpaired) electrons. The van der Waals surface area contributed by atoms with Crippen LogP contribution in [-0.2, 0) is 0 Å². The second-order valence-electron chi connectivity index (χ2n) is 4.80. The Morgan fingerprint density at radius 3 is 1.91 bits per heavy atom. The molecule has 0 saturated heterocycles. The van der Waals surface area contributed by atoms with E-state index in [1.54, 1.807) is 36.4 Å². The lowest BCUT2D eigenvalue weighted by Crippen LogP contribution is -1.92. The molecule has 0 fully saturated rings. The molecular weight excluding hydrogens is 379 g/mol. The molecule has 116 valence electrons. The molecule has 0 N–H and O–H groups in total. The molecule has 0 unspecified atom stereocenters. The molecule has 0 aliphatic heterocycles. The minimum absolute atomic E-state index is 0.124. The molecule has 0 amide bonds. The van der Waals surface area contributed by atoms with Gasteiger partial charge in [0.2, 0.25) is 0 Å². The van der Waals surface area contributed by atoms with Gasteiger partial charge in [-0.2, -0.15) is 0 Å². The van der Waals surface area contributed by atoms with Gasteiger partial charge in [0, 0.05) is 38.0 Å². The highest BCUT2D eigenvalue weighted by atomic mass is 35.5. The predicted molar refractivity (Wildman–Crippen MR) is 95.1 cm³/mol. The molecule has 6 heteroatoms. The van der Waals surface area contributed by atoms with Crippen molar-refractivity contribution >= 4 is 46.4 Å². The SMILES string of the molecule is Fc1cc(-c2cc(Cl)ccc2Cl)cnc1-c1cc(Cl)ccc1Cl. The second kappa shape index (κ2) is 6.66. The van der Waals surface area contributed by atoms with E-state index in [0.717, 1.165) is 0 Å². The summed E-state index contributed by atoms with van der Waals surface area (Å²) in [6.45, 7) is 0. The molecule has 3 rings (SSSR count). The maximum absolute atomic E-state index is 14.5. The number of rotatable bonds is 2. The lowest BCUT2D eigenvalue weighted by atomic mass is 10.1. The monoisotopic (exact) mass is 385 g/mol. The van der Waals surface area contributed by atoms with E-state index in [1.165, 1.54) is 12.3 Å². The van der Waals surface area contributed by atoms with Crippen LogP contribution in [0.2, 0.25) is 20.1 Å². The Morgan fingerprint density at radius 2 is 1.30 bits per heavy atom. The van der Waals surface area contributed by atoms with Crippen molar-refractivity contribution in [2.45, 2.75) is 0 Å². The number of hydrogen-bond acceptors (Lipinski definition) is 1. The Labute approximate surface area is 152 Å². The van der Waals surface area contributed by atoms with Crippen molar-refractivity contribution in [2.75, 3.05) is 0 Å². The van der Waals surface area contributed by atoms with Gasteiger partial charge in [-0.1, -0.05) is 46.4 Å². The lowest BCUT2D eigenvalue weighted by molar-refractivity contribution is 0.626. The van der Waals surface area contributed by atoms with Crippen LogP contribution in [0, 0.1) is 5.82 Å². The first-order chi connectivity index (χ1) is 11.0. The van der Waals surface area contributed by atoms with Crippen molar-refractivity contribution in [1.29, 1.82) is 0 Å². The molecule has 0 aliphatic rings. The number of aromatic nitrogens is 1. The number of halogens is 5. The number of hydrogen-bond donors (Lipinski definition) is 0. The van der Waals surface area contributed by atoms with E-state index >= 15 is 0 Å². The fourth-order valence-electron chi connectivity index (χ4n) is 2.18.